The van der Waals surface area contributed by atoms with Gasteiger partial charge < -0.3 is 9.47 Å². The highest BCUT2D eigenvalue weighted by Crippen LogP contribution is 2.23. The van der Waals surface area contributed by atoms with Gasteiger partial charge in [-0.1, -0.05) is 60.7 Å². The van der Waals surface area contributed by atoms with Gasteiger partial charge in [0, 0.05) is 0 Å². The molecule has 0 N–H and O–H groups in total. The number of benzene rings is 2. The van der Waals surface area contributed by atoms with E-state index in [1.54, 1.807) is 0 Å². The van der Waals surface area contributed by atoms with E-state index in [2.05, 4.69) is 15.9 Å². The third-order valence-corrected chi connectivity index (χ3v) is 3.29. The molecule has 0 aliphatic carbocycles. The van der Waals surface area contributed by atoms with Crippen LogP contribution in [0, 0.1) is 12.3 Å². The van der Waals surface area contributed by atoms with Crippen molar-refractivity contribution in [2.75, 3.05) is 0 Å². The molecule has 0 aliphatic heterocycles. The first-order valence-corrected chi connectivity index (χ1v) is 7.52. The molecule has 0 saturated carbocycles. The molecule has 24 heavy (non-hydrogen) atoms. The van der Waals surface area contributed by atoms with Crippen LogP contribution in [0.1, 0.15) is 16.8 Å². The van der Waals surface area contributed by atoms with Crippen molar-refractivity contribution >= 4 is 0 Å². The Morgan fingerprint density at radius 1 is 0.792 bits per heavy atom. The molecule has 4 heteroatoms. The molecular formula is C20H16N2O2. The van der Waals surface area contributed by atoms with Crippen molar-refractivity contribution in [2.45, 2.75) is 13.2 Å². The normalized spacial score (nSPS) is 9.96. The first kappa shape index (κ1) is 15.6. The quantitative estimate of drug-likeness (QED) is 0.652. The van der Waals surface area contributed by atoms with E-state index >= 15 is 0 Å². The van der Waals surface area contributed by atoms with Crippen LogP contribution in [0.2, 0.25) is 0 Å². The van der Waals surface area contributed by atoms with Crippen LogP contribution in [0.4, 0.5) is 0 Å². The molecule has 4 nitrogen and oxygen atoms in total. The number of nitrogens with zero attached hydrogens (tertiary/aromatic N) is 2. The van der Waals surface area contributed by atoms with Gasteiger partial charge in [-0.15, -0.1) is 6.42 Å². The Balaban J connectivity index is 1.74. The second-order valence-electron chi connectivity index (χ2n) is 5.06. The Morgan fingerprint density at radius 2 is 1.33 bits per heavy atom. The number of hydrogen-bond donors (Lipinski definition) is 0. The highest BCUT2D eigenvalue weighted by molar-refractivity contribution is 5.32. The molecule has 2 aromatic carbocycles. The highest BCUT2D eigenvalue weighted by atomic mass is 16.5. The summed E-state index contributed by atoms with van der Waals surface area (Å²) >= 11 is 0. The number of terminal acetylenes is 1. The SMILES string of the molecule is C#Cc1cnc(OCc2ccccc2)c(OCc2ccccc2)n1. The molecule has 1 aromatic heterocycles. The van der Waals surface area contributed by atoms with Crippen LogP contribution < -0.4 is 9.47 Å². The zero-order chi connectivity index (χ0) is 16.6. The standard InChI is InChI=1S/C20H16N2O2/c1-2-18-13-21-19(23-14-16-9-5-3-6-10-16)20(22-18)24-15-17-11-7-4-8-12-17/h1,3-13H,14-15H2. The maximum atomic E-state index is 5.76. The predicted octanol–water partition coefficient (Wildman–Crippen LogP) is 3.62. The highest BCUT2D eigenvalue weighted by Gasteiger charge is 2.11. The zero-order valence-corrected chi connectivity index (χ0v) is 13.1. The minimum Gasteiger partial charge on any atom is -0.469 e. The van der Waals surface area contributed by atoms with Crippen LogP contribution >= 0.6 is 0 Å². The number of ether oxygens (including phenoxy) is 2. The summed E-state index contributed by atoms with van der Waals surface area (Å²) < 4.78 is 11.5. The molecule has 0 amide bonds. The lowest BCUT2D eigenvalue weighted by Crippen LogP contribution is -2.04. The Morgan fingerprint density at radius 3 is 1.88 bits per heavy atom. The molecule has 3 aromatic rings. The number of aromatic nitrogens is 2. The van der Waals surface area contributed by atoms with Crippen molar-refractivity contribution < 1.29 is 9.47 Å². The van der Waals surface area contributed by atoms with Crippen molar-refractivity contribution in [3.05, 3.63) is 83.7 Å². The molecule has 0 saturated heterocycles. The average Bonchev–Trinajstić information content (AvgIpc) is 2.66. The van der Waals surface area contributed by atoms with Crippen LogP contribution in [-0.4, -0.2) is 9.97 Å². The van der Waals surface area contributed by atoms with Gasteiger partial charge in [-0.2, -0.15) is 4.98 Å². The molecule has 0 radical (unpaired) electrons. The molecule has 0 bridgehead atoms. The first-order chi connectivity index (χ1) is 11.8. The zero-order valence-electron chi connectivity index (χ0n) is 13.1. The van der Waals surface area contributed by atoms with Gasteiger partial charge >= 0.3 is 0 Å². The maximum absolute atomic E-state index is 5.76. The lowest BCUT2D eigenvalue weighted by atomic mass is 10.2. The molecule has 0 unspecified atom stereocenters. The summed E-state index contributed by atoms with van der Waals surface area (Å²) in [7, 11) is 0. The smallest absolute Gasteiger partial charge is 0.279 e. The van der Waals surface area contributed by atoms with E-state index in [0.717, 1.165) is 11.1 Å². The van der Waals surface area contributed by atoms with Crippen molar-refractivity contribution in [1.29, 1.82) is 0 Å². The summed E-state index contributed by atoms with van der Waals surface area (Å²) in [5.41, 5.74) is 2.47. The minimum atomic E-state index is 0.297. The number of rotatable bonds is 6. The minimum absolute atomic E-state index is 0.297. The third-order valence-electron chi connectivity index (χ3n) is 3.29. The summed E-state index contributed by atoms with van der Waals surface area (Å²) in [6, 6.07) is 19.6. The maximum Gasteiger partial charge on any atom is 0.279 e. The van der Waals surface area contributed by atoms with Crippen molar-refractivity contribution in [2.24, 2.45) is 0 Å². The Labute approximate surface area is 141 Å². The molecule has 118 valence electrons. The fourth-order valence-electron chi connectivity index (χ4n) is 2.08. The number of hydrogen-bond acceptors (Lipinski definition) is 4. The summed E-state index contributed by atoms with van der Waals surface area (Å²) in [5, 5.41) is 0. The van der Waals surface area contributed by atoms with Gasteiger partial charge in [-0.25, -0.2) is 4.98 Å². The van der Waals surface area contributed by atoms with Crippen LogP contribution in [0.5, 0.6) is 11.8 Å². The summed E-state index contributed by atoms with van der Waals surface area (Å²) in [6.45, 7) is 0.748. The van der Waals surface area contributed by atoms with E-state index in [1.165, 1.54) is 6.20 Å². The van der Waals surface area contributed by atoms with Gasteiger partial charge in [0.15, 0.2) is 0 Å². The predicted molar refractivity (Wildman–Crippen MR) is 91.5 cm³/mol. The molecule has 3 rings (SSSR count). The van der Waals surface area contributed by atoms with Crippen molar-refractivity contribution in [3.63, 3.8) is 0 Å². The van der Waals surface area contributed by atoms with Gasteiger partial charge in [-0.3, -0.25) is 0 Å². The van der Waals surface area contributed by atoms with Gasteiger partial charge in [0.05, 0.1) is 6.20 Å². The fraction of sp³-hybridized carbons (Fsp3) is 0.100. The van der Waals surface area contributed by atoms with Crippen LogP contribution in [-0.2, 0) is 13.2 Å². The lowest BCUT2D eigenvalue weighted by molar-refractivity contribution is 0.238. The Hall–Kier alpha value is -3.32. The van der Waals surface area contributed by atoms with Gasteiger partial charge in [0.1, 0.15) is 18.9 Å². The topological polar surface area (TPSA) is 44.2 Å². The summed E-state index contributed by atoms with van der Waals surface area (Å²) in [4.78, 5) is 8.50. The van der Waals surface area contributed by atoms with Crippen LogP contribution in [0.3, 0.4) is 0 Å². The van der Waals surface area contributed by atoms with Crippen LogP contribution in [0.15, 0.2) is 66.9 Å². The van der Waals surface area contributed by atoms with E-state index in [9.17, 15) is 0 Å². The monoisotopic (exact) mass is 316 g/mol. The lowest BCUT2D eigenvalue weighted by Gasteiger charge is -2.11. The van der Waals surface area contributed by atoms with Crippen LogP contribution in [0.25, 0.3) is 0 Å². The van der Waals surface area contributed by atoms with E-state index in [-0.39, 0.29) is 0 Å². The molecule has 1 heterocycles. The van der Waals surface area contributed by atoms with Crippen molar-refractivity contribution in [1.82, 2.24) is 9.97 Å². The molecule has 0 atom stereocenters. The molecule has 0 fully saturated rings. The van der Waals surface area contributed by atoms with Gasteiger partial charge in [-0.05, 0) is 17.0 Å². The molecule has 0 aliphatic rings. The second kappa shape index (κ2) is 7.80. The van der Waals surface area contributed by atoms with Gasteiger partial charge in [0.25, 0.3) is 11.8 Å². The van der Waals surface area contributed by atoms with E-state index in [0.29, 0.717) is 30.7 Å². The largest absolute Gasteiger partial charge is 0.469 e. The Bertz CT molecular complexity index is 827. The van der Waals surface area contributed by atoms with Crippen molar-refractivity contribution in [3.8, 4) is 24.1 Å². The van der Waals surface area contributed by atoms with E-state index < -0.39 is 0 Å². The average molecular weight is 316 g/mol. The molecule has 0 spiro atoms. The third kappa shape index (κ3) is 4.11. The van der Waals surface area contributed by atoms with E-state index in [1.807, 2.05) is 60.7 Å². The Kier molecular flexibility index (Phi) is 5.06. The summed E-state index contributed by atoms with van der Waals surface area (Å²) in [6.07, 6.45) is 6.89. The van der Waals surface area contributed by atoms with Gasteiger partial charge in [0.2, 0.25) is 0 Å². The second-order valence-corrected chi connectivity index (χ2v) is 5.06. The fourth-order valence-corrected chi connectivity index (χ4v) is 2.08. The molecular weight excluding hydrogens is 300 g/mol. The summed E-state index contributed by atoms with van der Waals surface area (Å²) in [5.74, 6) is 3.08. The first-order valence-electron chi connectivity index (χ1n) is 7.52. The van der Waals surface area contributed by atoms with E-state index in [4.69, 9.17) is 15.9 Å².